The maximum Gasteiger partial charge on any atom is 0.409 e. The summed E-state index contributed by atoms with van der Waals surface area (Å²) in [4.78, 5) is 0. The van der Waals surface area contributed by atoms with E-state index >= 15 is 0 Å². The van der Waals surface area contributed by atoms with E-state index in [0.29, 0.717) is 26.1 Å². The van der Waals surface area contributed by atoms with E-state index in [-0.39, 0.29) is 6.08 Å². The Bertz CT molecular complexity index is 145. The van der Waals surface area contributed by atoms with Crippen molar-refractivity contribution in [2.75, 3.05) is 26.8 Å². The van der Waals surface area contributed by atoms with E-state index in [4.69, 9.17) is 4.74 Å². The smallest absolute Gasteiger partial charge is 0.383 e. The lowest BCUT2D eigenvalue weighted by molar-refractivity contribution is -0.0800. The number of alkyl halides is 3. The lowest BCUT2D eigenvalue weighted by Crippen LogP contribution is -2.19. The molecule has 0 saturated carbocycles. The van der Waals surface area contributed by atoms with Gasteiger partial charge in [0.1, 0.15) is 0 Å². The Balaban J connectivity index is 3.21. The lowest BCUT2D eigenvalue weighted by atomic mass is 10.3. The summed E-state index contributed by atoms with van der Waals surface area (Å²) < 4.78 is 39.4. The van der Waals surface area contributed by atoms with E-state index in [1.165, 1.54) is 0 Å². The van der Waals surface area contributed by atoms with Gasteiger partial charge in [-0.05, 0) is 13.0 Å². The standard InChI is InChI=1S/C8H14F3NO/c1-13-7-6-12-5-3-2-4-8(9,10)11/h2,4,12H,3,5-7H2,1H3. The van der Waals surface area contributed by atoms with Gasteiger partial charge in [-0.1, -0.05) is 6.08 Å². The molecule has 0 spiro atoms. The fourth-order valence-corrected chi connectivity index (χ4v) is 0.702. The number of methoxy groups -OCH3 is 1. The molecule has 0 bridgehead atoms. The van der Waals surface area contributed by atoms with Crippen LogP contribution in [0.15, 0.2) is 12.2 Å². The zero-order chi connectivity index (χ0) is 10.2. The molecule has 78 valence electrons. The molecule has 0 fully saturated rings. The summed E-state index contributed by atoms with van der Waals surface area (Å²) in [5.74, 6) is 0. The van der Waals surface area contributed by atoms with E-state index in [1.807, 2.05) is 0 Å². The lowest BCUT2D eigenvalue weighted by Gasteiger charge is -2.01. The van der Waals surface area contributed by atoms with E-state index in [1.54, 1.807) is 7.11 Å². The fourth-order valence-electron chi connectivity index (χ4n) is 0.702. The molecule has 0 aromatic rings. The molecule has 0 radical (unpaired) electrons. The van der Waals surface area contributed by atoms with Crippen molar-refractivity contribution in [3.05, 3.63) is 12.2 Å². The van der Waals surface area contributed by atoms with Crippen LogP contribution in [0.2, 0.25) is 0 Å². The molecule has 0 unspecified atom stereocenters. The molecule has 0 aliphatic carbocycles. The van der Waals surface area contributed by atoms with Crippen LogP contribution in [0, 0.1) is 0 Å². The van der Waals surface area contributed by atoms with E-state index < -0.39 is 6.18 Å². The zero-order valence-electron chi connectivity index (χ0n) is 7.53. The van der Waals surface area contributed by atoms with Gasteiger partial charge in [-0.25, -0.2) is 0 Å². The maximum absolute atomic E-state index is 11.6. The number of rotatable bonds is 6. The van der Waals surface area contributed by atoms with Crippen molar-refractivity contribution in [2.24, 2.45) is 0 Å². The minimum atomic E-state index is -4.19. The van der Waals surface area contributed by atoms with Gasteiger partial charge in [0.2, 0.25) is 0 Å². The molecule has 13 heavy (non-hydrogen) atoms. The van der Waals surface area contributed by atoms with Gasteiger partial charge in [-0.3, -0.25) is 0 Å². The maximum atomic E-state index is 11.6. The Morgan fingerprint density at radius 2 is 2.00 bits per heavy atom. The normalized spacial score (nSPS) is 12.6. The molecule has 0 aliphatic rings. The summed E-state index contributed by atoms with van der Waals surface area (Å²) in [7, 11) is 1.57. The molecule has 0 rings (SSSR count). The van der Waals surface area contributed by atoms with Crippen LogP contribution in [-0.4, -0.2) is 33.0 Å². The topological polar surface area (TPSA) is 21.3 Å². The van der Waals surface area contributed by atoms with Gasteiger partial charge < -0.3 is 10.1 Å². The number of hydrogen-bond acceptors (Lipinski definition) is 2. The van der Waals surface area contributed by atoms with Crippen molar-refractivity contribution in [3.8, 4) is 0 Å². The zero-order valence-corrected chi connectivity index (χ0v) is 7.53. The predicted octanol–water partition coefficient (Wildman–Crippen LogP) is 1.73. The largest absolute Gasteiger partial charge is 0.409 e. The van der Waals surface area contributed by atoms with Gasteiger partial charge in [-0.2, -0.15) is 13.2 Å². The SMILES string of the molecule is COCCNCCC=CC(F)(F)F. The highest BCUT2D eigenvalue weighted by Gasteiger charge is 2.21. The Morgan fingerprint density at radius 3 is 2.54 bits per heavy atom. The second-order valence-corrected chi connectivity index (χ2v) is 2.48. The Morgan fingerprint density at radius 1 is 1.31 bits per heavy atom. The average molecular weight is 197 g/mol. The van der Waals surface area contributed by atoms with Crippen molar-refractivity contribution in [1.82, 2.24) is 5.32 Å². The van der Waals surface area contributed by atoms with Crippen molar-refractivity contribution in [1.29, 1.82) is 0 Å². The monoisotopic (exact) mass is 197 g/mol. The third kappa shape index (κ3) is 11.5. The number of hydrogen-bond donors (Lipinski definition) is 1. The van der Waals surface area contributed by atoms with Crippen molar-refractivity contribution < 1.29 is 17.9 Å². The minimum absolute atomic E-state index is 0.255. The predicted molar refractivity (Wildman–Crippen MR) is 44.6 cm³/mol. The third-order valence-electron chi connectivity index (χ3n) is 1.28. The third-order valence-corrected chi connectivity index (χ3v) is 1.28. The first-order valence-electron chi connectivity index (χ1n) is 4.00. The van der Waals surface area contributed by atoms with E-state index in [2.05, 4.69) is 5.32 Å². The summed E-state index contributed by atoms with van der Waals surface area (Å²) in [6, 6.07) is 0. The van der Waals surface area contributed by atoms with E-state index in [0.717, 1.165) is 6.08 Å². The van der Waals surface area contributed by atoms with Crippen LogP contribution < -0.4 is 5.32 Å². The molecule has 0 heterocycles. The summed E-state index contributed by atoms with van der Waals surface area (Å²) >= 11 is 0. The molecule has 0 amide bonds. The van der Waals surface area contributed by atoms with Crippen molar-refractivity contribution >= 4 is 0 Å². The summed E-state index contributed by atoms with van der Waals surface area (Å²) in [6.07, 6.45) is -2.44. The molecule has 0 aliphatic heterocycles. The highest BCUT2D eigenvalue weighted by molar-refractivity contribution is 4.88. The average Bonchev–Trinajstić information content (AvgIpc) is 2.01. The van der Waals surface area contributed by atoms with Crippen LogP contribution in [-0.2, 0) is 4.74 Å². The van der Waals surface area contributed by atoms with Gasteiger partial charge in [0, 0.05) is 19.7 Å². The molecule has 0 aromatic heterocycles. The molecule has 0 aromatic carbocycles. The molecular formula is C8H14F3NO. The summed E-state index contributed by atoms with van der Waals surface area (Å²) in [5, 5.41) is 2.93. The van der Waals surface area contributed by atoms with Gasteiger partial charge in [0.05, 0.1) is 6.61 Å². The molecule has 0 atom stereocenters. The quantitative estimate of drug-likeness (QED) is 0.517. The van der Waals surface area contributed by atoms with Gasteiger partial charge >= 0.3 is 6.18 Å². The molecule has 2 nitrogen and oxygen atoms in total. The number of allylic oxidation sites excluding steroid dienone is 1. The van der Waals surface area contributed by atoms with Crippen LogP contribution >= 0.6 is 0 Å². The van der Waals surface area contributed by atoms with Gasteiger partial charge in [0.25, 0.3) is 0 Å². The Hall–Kier alpha value is -0.550. The highest BCUT2D eigenvalue weighted by Crippen LogP contribution is 2.15. The number of nitrogens with one attached hydrogen (secondary N) is 1. The Labute approximate surface area is 75.8 Å². The van der Waals surface area contributed by atoms with Gasteiger partial charge in [-0.15, -0.1) is 0 Å². The van der Waals surface area contributed by atoms with Gasteiger partial charge in [0.15, 0.2) is 0 Å². The van der Waals surface area contributed by atoms with E-state index in [9.17, 15) is 13.2 Å². The molecule has 0 saturated heterocycles. The van der Waals surface area contributed by atoms with Crippen LogP contribution in [0.25, 0.3) is 0 Å². The highest BCUT2D eigenvalue weighted by atomic mass is 19.4. The van der Waals surface area contributed by atoms with Crippen molar-refractivity contribution in [2.45, 2.75) is 12.6 Å². The second-order valence-electron chi connectivity index (χ2n) is 2.48. The van der Waals surface area contributed by atoms with Crippen LogP contribution in [0.3, 0.4) is 0 Å². The number of ether oxygens (including phenoxy) is 1. The fraction of sp³-hybridized carbons (Fsp3) is 0.750. The van der Waals surface area contributed by atoms with Crippen molar-refractivity contribution in [3.63, 3.8) is 0 Å². The van der Waals surface area contributed by atoms with Crippen LogP contribution in [0.1, 0.15) is 6.42 Å². The molecule has 1 N–H and O–H groups in total. The second kappa shape index (κ2) is 6.91. The first kappa shape index (κ1) is 12.4. The number of halogens is 3. The molecule has 5 heteroatoms. The van der Waals surface area contributed by atoms with Crippen LogP contribution in [0.4, 0.5) is 13.2 Å². The summed E-state index contributed by atoms with van der Waals surface area (Å²) in [5.41, 5.74) is 0. The molecular weight excluding hydrogens is 183 g/mol. The Kier molecular flexibility index (Phi) is 6.62. The summed E-state index contributed by atoms with van der Waals surface area (Å²) in [6.45, 7) is 1.77. The van der Waals surface area contributed by atoms with Crippen LogP contribution in [0.5, 0.6) is 0 Å². The minimum Gasteiger partial charge on any atom is -0.383 e. The first-order chi connectivity index (χ1) is 6.06. The first-order valence-corrected chi connectivity index (χ1v) is 4.00.